The maximum absolute atomic E-state index is 6.06. The lowest BCUT2D eigenvalue weighted by molar-refractivity contribution is 0.00390. The predicted octanol–water partition coefficient (Wildman–Crippen LogP) is 2.51. The molecular formula is C17H36N2O2. The van der Waals surface area contributed by atoms with Gasteiger partial charge in [0, 0.05) is 32.8 Å². The highest BCUT2D eigenvalue weighted by Gasteiger charge is 2.35. The molecule has 0 aromatic heterocycles. The van der Waals surface area contributed by atoms with Gasteiger partial charge in [0.1, 0.15) is 0 Å². The van der Waals surface area contributed by atoms with Crippen molar-refractivity contribution in [2.24, 2.45) is 17.6 Å². The second kappa shape index (κ2) is 10.5. The van der Waals surface area contributed by atoms with Crippen LogP contribution >= 0.6 is 0 Å². The summed E-state index contributed by atoms with van der Waals surface area (Å²) in [6.45, 7) is 7.88. The Bertz CT molecular complexity index is 263. The number of nitrogens with two attached hydrogens (primary N) is 1. The van der Waals surface area contributed by atoms with Crippen LogP contribution in [0.2, 0.25) is 0 Å². The summed E-state index contributed by atoms with van der Waals surface area (Å²) in [5, 5.41) is 0. The molecule has 4 unspecified atom stereocenters. The molecule has 1 aliphatic carbocycles. The van der Waals surface area contributed by atoms with E-state index in [-0.39, 0.29) is 0 Å². The van der Waals surface area contributed by atoms with Crippen molar-refractivity contribution >= 4 is 0 Å². The van der Waals surface area contributed by atoms with E-state index in [1.807, 2.05) is 0 Å². The zero-order valence-electron chi connectivity index (χ0n) is 14.5. The highest BCUT2D eigenvalue weighted by molar-refractivity contribution is 4.89. The molecule has 21 heavy (non-hydrogen) atoms. The molecule has 0 aromatic rings. The van der Waals surface area contributed by atoms with E-state index in [2.05, 4.69) is 18.7 Å². The first-order valence-electron chi connectivity index (χ1n) is 8.61. The molecule has 0 aromatic carbocycles. The summed E-state index contributed by atoms with van der Waals surface area (Å²) in [5.41, 5.74) is 6.06. The monoisotopic (exact) mass is 300 g/mol. The number of methoxy groups -OCH3 is 2. The van der Waals surface area contributed by atoms with Crippen molar-refractivity contribution < 1.29 is 9.47 Å². The number of hydrogen-bond donors (Lipinski definition) is 1. The third-order valence-corrected chi connectivity index (χ3v) is 5.02. The van der Waals surface area contributed by atoms with Gasteiger partial charge in [0.05, 0.1) is 13.2 Å². The van der Waals surface area contributed by atoms with Crippen LogP contribution in [-0.4, -0.2) is 57.5 Å². The lowest BCUT2D eigenvalue weighted by Gasteiger charge is -2.45. The standard InChI is InChI=1S/C17H36N2O2/c1-5-6-15-7-8-16(12-18)17(11-15)19(9-10-20-3)14(2)13-21-4/h14-17H,5-13,18H2,1-4H3. The summed E-state index contributed by atoms with van der Waals surface area (Å²) in [6, 6.07) is 1.00. The van der Waals surface area contributed by atoms with Gasteiger partial charge >= 0.3 is 0 Å². The van der Waals surface area contributed by atoms with Gasteiger partial charge in [0.25, 0.3) is 0 Å². The fourth-order valence-electron chi connectivity index (χ4n) is 3.89. The summed E-state index contributed by atoms with van der Waals surface area (Å²) in [5.74, 6) is 1.48. The van der Waals surface area contributed by atoms with E-state index in [1.54, 1.807) is 14.2 Å². The Morgan fingerprint density at radius 2 is 2.00 bits per heavy atom. The Morgan fingerprint density at radius 1 is 1.24 bits per heavy atom. The average molecular weight is 300 g/mol. The summed E-state index contributed by atoms with van der Waals surface area (Å²) < 4.78 is 10.7. The molecule has 1 rings (SSSR count). The van der Waals surface area contributed by atoms with Crippen molar-refractivity contribution in [3.8, 4) is 0 Å². The van der Waals surface area contributed by atoms with Crippen molar-refractivity contribution in [2.75, 3.05) is 40.5 Å². The van der Waals surface area contributed by atoms with Crippen molar-refractivity contribution in [3.05, 3.63) is 0 Å². The zero-order valence-corrected chi connectivity index (χ0v) is 14.5. The lowest BCUT2D eigenvalue weighted by atomic mass is 9.75. The fraction of sp³-hybridized carbons (Fsp3) is 1.00. The molecule has 0 saturated heterocycles. The first kappa shape index (κ1) is 18.9. The number of hydrogen-bond acceptors (Lipinski definition) is 4. The van der Waals surface area contributed by atoms with Gasteiger partial charge in [0.2, 0.25) is 0 Å². The quantitative estimate of drug-likeness (QED) is 0.673. The van der Waals surface area contributed by atoms with Gasteiger partial charge in [-0.2, -0.15) is 0 Å². The number of rotatable bonds is 10. The molecular weight excluding hydrogens is 264 g/mol. The minimum Gasteiger partial charge on any atom is -0.383 e. The van der Waals surface area contributed by atoms with E-state index < -0.39 is 0 Å². The van der Waals surface area contributed by atoms with Crippen LogP contribution in [0.3, 0.4) is 0 Å². The van der Waals surface area contributed by atoms with Gasteiger partial charge in [-0.25, -0.2) is 0 Å². The van der Waals surface area contributed by atoms with Crippen molar-refractivity contribution in [1.29, 1.82) is 0 Å². The summed E-state index contributed by atoms with van der Waals surface area (Å²) in [6.07, 6.45) is 6.55. The first-order chi connectivity index (χ1) is 10.2. The second-order valence-electron chi connectivity index (χ2n) is 6.57. The van der Waals surface area contributed by atoms with Crippen LogP contribution in [0, 0.1) is 11.8 Å². The molecule has 0 amide bonds. The SMILES string of the molecule is CCCC1CCC(CN)C(N(CCOC)C(C)COC)C1. The third-order valence-electron chi connectivity index (χ3n) is 5.02. The molecule has 0 radical (unpaired) electrons. The molecule has 2 N–H and O–H groups in total. The Morgan fingerprint density at radius 3 is 2.57 bits per heavy atom. The largest absolute Gasteiger partial charge is 0.383 e. The Balaban J connectivity index is 2.77. The van der Waals surface area contributed by atoms with Gasteiger partial charge in [0.15, 0.2) is 0 Å². The van der Waals surface area contributed by atoms with Crippen molar-refractivity contribution in [2.45, 2.75) is 58.0 Å². The minimum absolute atomic E-state index is 0.421. The van der Waals surface area contributed by atoms with Gasteiger partial charge in [-0.05, 0) is 38.1 Å². The van der Waals surface area contributed by atoms with Crippen LogP contribution in [0.1, 0.15) is 46.0 Å². The maximum atomic E-state index is 6.06. The molecule has 4 nitrogen and oxygen atoms in total. The van der Waals surface area contributed by atoms with Crippen LogP contribution in [-0.2, 0) is 9.47 Å². The van der Waals surface area contributed by atoms with Crippen LogP contribution in [0.4, 0.5) is 0 Å². The maximum Gasteiger partial charge on any atom is 0.0615 e. The lowest BCUT2D eigenvalue weighted by Crippen LogP contribution is -2.52. The summed E-state index contributed by atoms with van der Waals surface area (Å²) in [4.78, 5) is 2.59. The smallest absolute Gasteiger partial charge is 0.0615 e. The zero-order chi connectivity index (χ0) is 15.7. The van der Waals surface area contributed by atoms with Crippen LogP contribution in [0.5, 0.6) is 0 Å². The van der Waals surface area contributed by atoms with Gasteiger partial charge < -0.3 is 15.2 Å². The van der Waals surface area contributed by atoms with E-state index in [1.165, 1.54) is 32.1 Å². The van der Waals surface area contributed by atoms with E-state index in [0.29, 0.717) is 18.0 Å². The molecule has 4 heteroatoms. The Hall–Kier alpha value is -0.160. The van der Waals surface area contributed by atoms with E-state index in [0.717, 1.165) is 32.2 Å². The highest BCUT2D eigenvalue weighted by atomic mass is 16.5. The van der Waals surface area contributed by atoms with Gasteiger partial charge in [-0.1, -0.05) is 26.2 Å². The molecule has 0 spiro atoms. The molecule has 1 aliphatic rings. The van der Waals surface area contributed by atoms with Crippen LogP contribution in [0.25, 0.3) is 0 Å². The third kappa shape index (κ3) is 5.85. The summed E-state index contributed by atoms with van der Waals surface area (Å²) >= 11 is 0. The Kier molecular flexibility index (Phi) is 9.49. The Labute approximate surface area is 131 Å². The highest BCUT2D eigenvalue weighted by Crippen LogP contribution is 2.35. The van der Waals surface area contributed by atoms with Crippen LogP contribution < -0.4 is 5.73 Å². The topological polar surface area (TPSA) is 47.7 Å². The first-order valence-corrected chi connectivity index (χ1v) is 8.61. The normalized spacial score (nSPS) is 28.0. The average Bonchev–Trinajstić information content (AvgIpc) is 2.48. The number of nitrogens with zero attached hydrogens (tertiary/aromatic N) is 1. The molecule has 0 heterocycles. The van der Waals surface area contributed by atoms with Crippen LogP contribution in [0.15, 0.2) is 0 Å². The fourth-order valence-corrected chi connectivity index (χ4v) is 3.89. The minimum atomic E-state index is 0.421. The van der Waals surface area contributed by atoms with E-state index >= 15 is 0 Å². The molecule has 0 bridgehead atoms. The van der Waals surface area contributed by atoms with Crippen molar-refractivity contribution in [1.82, 2.24) is 4.90 Å². The molecule has 1 fully saturated rings. The second-order valence-corrected chi connectivity index (χ2v) is 6.57. The number of ether oxygens (including phenoxy) is 2. The summed E-state index contributed by atoms with van der Waals surface area (Å²) in [7, 11) is 3.56. The molecule has 4 atom stereocenters. The predicted molar refractivity (Wildman–Crippen MR) is 88.5 cm³/mol. The van der Waals surface area contributed by atoms with E-state index in [9.17, 15) is 0 Å². The van der Waals surface area contributed by atoms with Crippen molar-refractivity contribution in [3.63, 3.8) is 0 Å². The molecule has 0 aliphatic heterocycles. The van der Waals surface area contributed by atoms with Gasteiger partial charge in [-0.3, -0.25) is 4.90 Å². The molecule has 1 saturated carbocycles. The van der Waals surface area contributed by atoms with Gasteiger partial charge in [-0.15, -0.1) is 0 Å². The van der Waals surface area contributed by atoms with E-state index in [4.69, 9.17) is 15.2 Å². The molecule has 126 valence electrons.